The van der Waals surface area contributed by atoms with Gasteiger partial charge in [0.2, 0.25) is 0 Å². The van der Waals surface area contributed by atoms with Gasteiger partial charge in [0, 0.05) is 21.9 Å². The van der Waals surface area contributed by atoms with Gasteiger partial charge < -0.3 is 57.3 Å². The average Bonchev–Trinajstić information content (AvgIpc) is 1.95. The van der Waals surface area contributed by atoms with Gasteiger partial charge in [-0.1, -0.05) is 123 Å². The molecule has 0 N–H and O–H groups in total. The molecule has 0 fully saturated rings. The van der Waals surface area contributed by atoms with Crippen LogP contribution in [-0.4, -0.2) is 116 Å². The molecular formula is C70H80N4O10Zn. The smallest absolute Gasteiger partial charge is 0.657 e. The van der Waals surface area contributed by atoms with Gasteiger partial charge in [-0.2, -0.15) is 0 Å². The first-order chi connectivity index (χ1) is 41.2. The van der Waals surface area contributed by atoms with Gasteiger partial charge in [0.05, 0.1) is 102 Å². The van der Waals surface area contributed by atoms with Crippen LogP contribution in [0.1, 0.15) is 99.4 Å². The van der Waals surface area contributed by atoms with E-state index in [-0.39, 0.29) is 19.5 Å². The summed E-state index contributed by atoms with van der Waals surface area (Å²) in [4.78, 5) is 22.5. The second-order valence-corrected chi connectivity index (χ2v) is 20.9. The van der Waals surface area contributed by atoms with Crippen LogP contribution in [0.25, 0.3) is 77.4 Å². The van der Waals surface area contributed by atoms with Gasteiger partial charge >= 0.3 is 19.5 Å². The predicted molar refractivity (Wildman–Crippen MR) is 334 cm³/mol. The fourth-order valence-electron chi connectivity index (χ4n) is 11.7. The van der Waals surface area contributed by atoms with Crippen LogP contribution in [-0.2, 0) is 60.7 Å². The van der Waals surface area contributed by atoms with Crippen LogP contribution in [0, 0.1) is 13.8 Å². The summed E-state index contributed by atoms with van der Waals surface area (Å²) in [6, 6.07) is 32.8. The first-order valence-corrected chi connectivity index (χ1v) is 30.0. The molecular weight excluding hydrogens is 1120 g/mol. The Labute approximate surface area is 513 Å². The van der Waals surface area contributed by atoms with Crippen molar-refractivity contribution < 1.29 is 66.8 Å². The van der Waals surface area contributed by atoms with E-state index in [0.717, 1.165) is 171 Å². The minimum absolute atomic E-state index is 0. The summed E-state index contributed by atoms with van der Waals surface area (Å²) in [5.74, 6) is 2.99. The Morgan fingerprint density at radius 3 is 1.04 bits per heavy atom. The van der Waals surface area contributed by atoms with Crippen molar-refractivity contribution in [3.63, 3.8) is 0 Å². The normalized spacial score (nSPS) is 16.0. The molecule has 7 heterocycles. The van der Waals surface area contributed by atoms with Gasteiger partial charge in [0.15, 0.2) is 0 Å². The Bertz CT molecular complexity index is 3440. The van der Waals surface area contributed by atoms with Gasteiger partial charge in [0.25, 0.3) is 0 Å². The Kier molecular flexibility index (Phi) is 22.6. The molecule has 4 aliphatic rings. The van der Waals surface area contributed by atoms with Crippen LogP contribution in [0.4, 0.5) is 0 Å². The molecule has 15 heteroatoms. The summed E-state index contributed by atoms with van der Waals surface area (Å²) in [6.07, 6.45) is 3.09. The third-order valence-corrected chi connectivity index (χ3v) is 15.9. The first-order valence-electron chi connectivity index (χ1n) is 30.0. The third-order valence-electron chi connectivity index (χ3n) is 15.9. The number of fused-ring (bicyclic) bond motifs is 24. The predicted octanol–water partition coefficient (Wildman–Crippen LogP) is 13.8. The third kappa shape index (κ3) is 14.3. The summed E-state index contributed by atoms with van der Waals surface area (Å²) in [7, 11) is 0. The van der Waals surface area contributed by atoms with Crippen molar-refractivity contribution in [1.29, 1.82) is 0 Å². The summed E-state index contributed by atoms with van der Waals surface area (Å²) in [6.45, 7) is 24.1. The second kappa shape index (κ2) is 30.6. The van der Waals surface area contributed by atoms with Crippen molar-refractivity contribution >= 4 is 55.1 Å². The molecule has 0 amide bonds. The van der Waals surface area contributed by atoms with Gasteiger partial charge in [-0.25, -0.2) is 9.97 Å². The van der Waals surface area contributed by atoms with Crippen LogP contribution in [0.15, 0.2) is 97.1 Å². The summed E-state index contributed by atoms with van der Waals surface area (Å²) in [5, 5.41) is 1.93. The molecule has 14 bridgehead atoms. The number of benzene rings is 4. The van der Waals surface area contributed by atoms with Crippen molar-refractivity contribution in [2.24, 2.45) is 0 Å². The van der Waals surface area contributed by atoms with Crippen LogP contribution in [0.5, 0.6) is 23.0 Å². The molecule has 0 radical (unpaired) electrons. The first kappa shape index (κ1) is 62.8. The SMILES string of the molecule is CCC1=C(C)c2nc1cc1[n-]c(c(C)c1CC)c1c3nc(cc4[n-]c(c(C)c4CC)c2-c2ccccc2OCCOCCOCCOCCOc2cccc4c(cccc24)OCCOCCOCCOCCOc2ccccc2-1)C(CC)=C3C.[Zn+2]. The fraction of sp³-hybridized carbons (Fsp3) is 0.400. The van der Waals surface area contributed by atoms with Crippen molar-refractivity contribution in [2.45, 2.75) is 81.1 Å². The molecule has 0 atom stereocenters. The summed E-state index contributed by atoms with van der Waals surface area (Å²) >= 11 is 0. The second-order valence-electron chi connectivity index (χ2n) is 20.9. The molecule has 4 aliphatic heterocycles. The molecule has 4 aromatic carbocycles. The number of rotatable bonds is 4. The van der Waals surface area contributed by atoms with Gasteiger partial charge in [0.1, 0.15) is 49.4 Å². The van der Waals surface area contributed by atoms with Gasteiger partial charge in [-0.15, -0.1) is 22.1 Å². The fourth-order valence-corrected chi connectivity index (χ4v) is 11.7. The Morgan fingerprint density at radius 1 is 0.376 bits per heavy atom. The molecule has 85 heavy (non-hydrogen) atoms. The molecule has 3 aromatic heterocycles. The van der Waals surface area contributed by atoms with E-state index in [2.05, 4.69) is 91.8 Å². The Balaban J connectivity index is 0.00000865. The van der Waals surface area contributed by atoms with Gasteiger partial charge in [-0.05, 0) is 111 Å². The minimum atomic E-state index is 0. The molecule has 14 nitrogen and oxygen atoms in total. The topological polar surface area (TPSA) is 146 Å². The Morgan fingerprint density at radius 2 is 0.694 bits per heavy atom. The monoisotopic (exact) mass is 1200 g/mol. The van der Waals surface area contributed by atoms with Crippen LogP contribution < -0.4 is 28.9 Å². The molecule has 442 valence electrons. The number of nitrogens with zero attached hydrogens (tertiary/aromatic N) is 4. The summed E-state index contributed by atoms with van der Waals surface area (Å²) in [5.41, 5.74) is 19.8. The molecule has 0 saturated heterocycles. The van der Waals surface area contributed by atoms with Crippen LogP contribution in [0.3, 0.4) is 0 Å². The van der Waals surface area contributed by atoms with E-state index in [0.29, 0.717) is 106 Å². The van der Waals surface area contributed by atoms with Crippen molar-refractivity contribution in [1.82, 2.24) is 19.9 Å². The molecule has 7 aromatic rings. The maximum Gasteiger partial charge on any atom is 2.00 e. The van der Waals surface area contributed by atoms with E-state index >= 15 is 0 Å². The van der Waals surface area contributed by atoms with Gasteiger partial charge in [-0.3, -0.25) is 0 Å². The zero-order chi connectivity index (χ0) is 58.4. The zero-order valence-electron chi connectivity index (χ0n) is 51.0. The molecule has 0 aliphatic carbocycles. The van der Waals surface area contributed by atoms with E-state index in [9.17, 15) is 0 Å². The molecule has 0 spiro atoms. The standard InChI is InChI=1S/C70H80N4O10.Zn/c1-9-49-45(5)67-65-55-19-13-15-23-63(55)83-41-37-79-33-29-75-27-31-77-35-39-81-61-25-17-22-54-53(61)21-18-26-62(54)82-40-36-78-32-28-76-30-34-80-38-42-84-64-24-16-14-20-56(64)66(69-46(6)50(10-2)58(72-69)43-57(49)71-67)70-48(8)52(12-4)60(74-70)44-59-51(11-3)47(7)68(65)73-59;/h13-26,43-44H,9-12,27-42H2,1-8H3;/q-2;+2. The molecule has 0 unspecified atom stereocenters. The quantitative estimate of drug-likeness (QED) is 0.122. The number of aryl methyl sites for hydroxylation is 4. The van der Waals surface area contributed by atoms with E-state index < -0.39 is 0 Å². The zero-order valence-corrected chi connectivity index (χ0v) is 53.9. The maximum absolute atomic E-state index is 6.66. The Hall–Kier alpha value is -6.68. The van der Waals surface area contributed by atoms with E-state index in [1.165, 1.54) is 0 Å². The van der Waals surface area contributed by atoms with Crippen molar-refractivity contribution in [3.8, 4) is 45.3 Å². The summed E-state index contributed by atoms with van der Waals surface area (Å²) < 4.78 is 61.2. The largest absolute Gasteiger partial charge is 2.00 e. The van der Waals surface area contributed by atoms with Crippen LogP contribution in [0.2, 0.25) is 0 Å². The molecule has 11 rings (SSSR count). The van der Waals surface area contributed by atoms with Crippen LogP contribution >= 0.6 is 0 Å². The van der Waals surface area contributed by atoms with Crippen molar-refractivity contribution in [3.05, 3.63) is 142 Å². The van der Waals surface area contributed by atoms with E-state index in [4.69, 9.17) is 67.3 Å². The number of aromatic nitrogens is 4. The van der Waals surface area contributed by atoms with Crippen molar-refractivity contribution in [2.75, 3.05) is 106 Å². The number of para-hydroxylation sites is 2. The number of hydrogen-bond acceptors (Lipinski definition) is 12. The number of hydrogen-bond donors (Lipinski definition) is 0. The van der Waals surface area contributed by atoms with E-state index in [1.807, 2.05) is 60.7 Å². The minimum Gasteiger partial charge on any atom is -0.657 e. The molecule has 0 saturated carbocycles. The average molecular weight is 1200 g/mol. The van der Waals surface area contributed by atoms with E-state index in [1.54, 1.807) is 0 Å². The number of ether oxygens (including phenoxy) is 10. The maximum atomic E-state index is 6.66. The number of allylic oxidation sites excluding steroid dienone is 4.